The Morgan fingerprint density at radius 1 is 1.50 bits per heavy atom. The predicted molar refractivity (Wildman–Crippen MR) is 68.0 cm³/mol. The highest BCUT2D eigenvalue weighted by molar-refractivity contribution is 7.89. The Labute approximate surface area is 116 Å². The number of hydrogen-bond acceptors (Lipinski definition) is 4. The Hall–Kier alpha value is -1.98. The SMILES string of the molecule is CCN(CCC#N)S(=O)(=O)c1cc(C(=O)O)ccc1F. The minimum atomic E-state index is -4.17. The summed E-state index contributed by atoms with van der Waals surface area (Å²) in [4.78, 5) is 10.1. The van der Waals surface area contributed by atoms with Gasteiger partial charge in [0.2, 0.25) is 10.0 Å². The highest BCUT2D eigenvalue weighted by Gasteiger charge is 2.27. The molecule has 0 aromatic heterocycles. The van der Waals surface area contributed by atoms with E-state index in [4.69, 9.17) is 10.4 Å². The third kappa shape index (κ3) is 3.31. The molecule has 0 aliphatic carbocycles. The van der Waals surface area contributed by atoms with E-state index in [-0.39, 0.29) is 25.1 Å². The maximum absolute atomic E-state index is 13.7. The van der Waals surface area contributed by atoms with Crippen LogP contribution in [0.3, 0.4) is 0 Å². The monoisotopic (exact) mass is 300 g/mol. The highest BCUT2D eigenvalue weighted by Crippen LogP contribution is 2.21. The van der Waals surface area contributed by atoms with Crippen LogP contribution in [0.2, 0.25) is 0 Å². The van der Waals surface area contributed by atoms with Crippen molar-refractivity contribution in [2.24, 2.45) is 0 Å². The number of aromatic carboxylic acids is 1. The average molecular weight is 300 g/mol. The van der Waals surface area contributed by atoms with Crippen LogP contribution in [-0.4, -0.2) is 36.9 Å². The van der Waals surface area contributed by atoms with Gasteiger partial charge in [0.05, 0.1) is 11.6 Å². The van der Waals surface area contributed by atoms with Gasteiger partial charge in [0.1, 0.15) is 10.7 Å². The molecule has 20 heavy (non-hydrogen) atoms. The van der Waals surface area contributed by atoms with E-state index in [1.807, 2.05) is 0 Å². The molecule has 0 aliphatic heterocycles. The summed E-state index contributed by atoms with van der Waals surface area (Å²) in [7, 11) is -4.17. The van der Waals surface area contributed by atoms with Gasteiger partial charge in [-0.3, -0.25) is 0 Å². The molecule has 0 saturated heterocycles. The number of carboxylic acid groups (broad SMARTS) is 1. The molecule has 0 heterocycles. The zero-order valence-corrected chi connectivity index (χ0v) is 11.5. The standard InChI is InChI=1S/C12H13FN2O4S/c1-2-15(7-3-6-14)20(18,19)11-8-9(12(16)17)4-5-10(11)13/h4-5,8H,2-3,7H2,1H3,(H,16,17). The number of sulfonamides is 1. The van der Waals surface area contributed by atoms with Crippen molar-refractivity contribution in [1.29, 1.82) is 5.26 Å². The number of rotatable bonds is 6. The molecule has 0 aliphatic rings. The van der Waals surface area contributed by atoms with Crippen molar-refractivity contribution in [2.75, 3.05) is 13.1 Å². The maximum Gasteiger partial charge on any atom is 0.335 e. The first-order valence-electron chi connectivity index (χ1n) is 5.74. The van der Waals surface area contributed by atoms with Crippen LogP contribution in [0.15, 0.2) is 23.1 Å². The number of carbonyl (C=O) groups is 1. The molecule has 0 spiro atoms. The van der Waals surface area contributed by atoms with Crippen molar-refractivity contribution in [3.63, 3.8) is 0 Å². The highest BCUT2D eigenvalue weighted by atomic mass is 32.2. The largest absolute Gasteiger partial charge is 0.478 e. The fourth-order valence-electron chi connectivity index (χ4n) is 1.60. The quantitative estimate of drug-likeness (QED) is 0.857. The van der Waals surface area contributed by atoms with E-state index < -0.39 is 26.7 Å². The van der Waals surface area contributed by atoms with Gasteiger partial charge >= 0.3 is 5.97 Å². The topological polar surface area (TPSA) is 98.5 Å². The lowest BCUT2D eigenvalue weighted by atomic mass is 10.2. The fraction of sp³-hybridized carbons (Fsp3) is 0.333. The molecule has 6 nitrogen and oxygen atoms in total. The number of hydrogen-bond donors (Lipinski definition) is 1. The lowest BCUT2D eigenvalue weighted by molar-refractivity contribution is 0.0696. The van der Waals surface area contributed by atoms with Crippen LogP contribution >= 0.6 is 0 Å². The summed E-state index contributed by atoms with van der Waals surface area (Å²) in [6.45, 7) is 1.53. The predicted octanol–water partition coefficient (Wildman–Crippen LogP) is 1.45. The van der Waals surface area contributed by atoms with Crippen LogP contribution in [0.5, 0.6) is 0 Å². The normalized spacial score (nSPS) is 11.3. The second-order valence-corrected chi connectivity index (χ2v) is 5.76. The van der Waals surface area contributed by atoms with Gasteiger partial charge in [-0.15, -0.1) is 0 Å². The van der Waals surface area contributed by atoms with Crippen molar-refractivity contribution in [3.8, 4) is 6.07 Å². The zero-order chi connectivity index (χ0) is 15.3. The van der Waals surface area contributed by atoms with E-state index in [2.05, 4.69) is 0 Å². The van der Waals surface area contributed by atoms with Gasteiger partial charge in [-0.1, -0.05) is 6.92 Å². The van der Waals surface area contributed by atoms with Gasteiger partial charge in [-0.25, -0.2) is 17.6 Å². The minimum Gasteiger partial charge on any atom is -0.478 e. The number of halogens is 1. The van der Waals surface area contributed by atoms with Gasteiger partial charge in [0.25, 0.3) is 0 Å². The van der Waals surface area contributed by atoms with Crippen molar-refractivity contribution in [1.82, 2.24) is 4.31 Å². The first kappa shape index (κ1) is 16.1. The van der Waals surface area contributed by atoms with Crippen LogP contribution in [0, 0.1) is 17.1 Å². The first-order chi connectivity index (χ1) is 9.34. The molecule has 8 heteroatoms. The maximum atomic E-state index is 13.7. The molecule has 0 atom stereocenters. The van der Waals surface area contributed by atoms with E-state index >= 15 is 0 Å². The Morgan fingerprint density at radius 3 is 2.65 bits per heavy atom. The molecule has 108 valence electrons. The van der Waals surface area contributed by atoms with Gasteiger partial charge in [-0.2, -0.15) is 9.57 Å². The summed E-state index contributed by atoms with van der Waals surface area (Å²) in [5.41, 5.74) is -0.318. The van der Waals surface area contributed by atoms with Crippen LogP contribution in [0.25, 0.3) is 0 Å². The van der Waals surface area contributed by atoms with Crippen LogP contribution < -0.4 is 0 Å². The second kappa shape index (κ2) is 6.45. The van der Waals surface area contributed by atoms with E-state index in [9.17, 15) is 17.6 Å². The average Bonchev–Trinajstić information content (AvgIpc) is 2.39. The number of carboxylic acids is 1. The molecule has 0 amide bonds. The van der Waals surface area contributed by atoms with Crippen molar-refractivity contribution >= 4 is 16.0 Å². The number of nitriles is 1. The molecule has 1 N–H and O–H groups in total. The van der Waals surface area contributed by atoms with Crippen LogP contribution in [0.1, 0.15) is 23.7 Å². The Bertz CT molecular complexity index is 652. The van der Waals surface area contributed by atoms with Crippen molar-refractivity contribution in [2.45, 2.75) is 18.2 Å². The molecule has 1 aromatic rings. The summed E-state index contributed by atoms with van der Waals surface area (Å²) < 4.78 is 39.1. The molecule has 0 fully saturated rings. The lowest BCUT2D eigenvalue weighted by Gasteiger charge is -2.19. The third-order valence-corrected chi connectivity index (χ3v) is 4.61. The molecule has 1 aromatic carbocycles. The van der Waals surface area contributed by atoms with Gasteiger partial charge in [0, 0.05) is 19.5 Å². The third-order valence-electron chi connectivity index (χ3n) is 2.62. The van der Waals surface area contributed by atoms with E-state index in [1.54, 1.807) is 13.0 Å². The van der Waals surface area contributed by atoms with Gasteiger partial charge < -0.3 is 5.11 Å². The molecule has 0 bridgehead atoms. The summed E-state index contributed by atoms with van der Waals surface area (Å²) >= 11 is 0. The van der Waals surface area contributed by atoms with E-state index in [0.29, 0.717) is 0 Å². The van der Waals surface area contributed by atoms with Crippen LogP contribution in [0.4, 0.5) is 4.39 Å². The van der Waals surface area contributed by atoms with Crippen LogP contribution in [-0.2, 0) is 10.0 Å². The van der Waals surface area contributed by atoms with Gasteiger partial charge in [-0.05, 0) is 18.2 Å². The summed E-state index contributed by atoms with van der Waals surface area (Å²) in [6, 6.07) is 4.37. The molecule has 0 unspecified atom stereocenters. The van der Waals surface area contributed by atoms with Crippen molar-refractivity contribution < 1.29 is 22.7 Å². The second-order valence-electron chi connectivity index (χ2n) is 3.86. The summed E-state index contributed by atoms with van der Waals surface area (Å²) in [5, 5.41) is 17.3. The van der Waals surface area contributed by atoms with E-state index in [0.717, 1.165) is 22.5 Å². The summed E-state index contributed by atoms with van der Waals surface area (Å²) in [5.74, 6) is -2.37. The Morgan fingerprint density at radius 2 is 2.15 bits per heavy atom. The first-order valence-corrected chi connectivity index (χ1v) is 7.18. The fourth-order valence-corrected chi connectivity index (χ4v) is 3.14. The van der Waals surface area contributed by atoms with Gasteiger partial charge in [0.15, 0.2) is 0 Å². The smallest absolute Gasteiger partial charge is 0.335 e. The minimum absolute atomic E-state index is 0.0344. The van der Waals surface area contributed by atoms with Crippen molar-refractivity contribution in [3.05, 3.63) is 29.6 Å². The zero-order valence-electron chi connectivity index (χ0n) is 10.7. The number of nitrogens with zero attached hydrogens (tertiary/aromatic N) is 2. The Kier molecular flexibility index (Phi) is 5.19. The molecule has 0 radical (unpaired) electrons. The molecular formula is C12H13FN2O4S. The molecular weight excluding hydrogens is 287 g/mol. The number of benzene rings is 1. The Balaban J connectivity index is 3.30. The molecule has 1 rings (SSSR count). The lowest BCUT2D eigenvalue weighted by Crippen LogP contribution is -2.32. The molecule has 0 saturated carbocycles. The van der Waals surface area contributed by atoms with E-state index in [1.165, 1.54) is 0 Å². The summed E-state index contributed by atoms with van der Waals surface area (Å²) in [6.07, 6.45) is -0.0344.